The third-order valence-electron chi connectivity index (χ3n) is 2.29. The molecule has 0 aromatic heterocycles. The predicted molar refractivity (Wildman–Crippen MR) is 53.1 cm³/mol. The standard InChI is InChI=1S/C9H13NO2S/c11-8-6-13-9(10-8)5-7-3-1-2-4-12-7/h7H,1-6H2. The van der Waals surface area contributed by atoms with Crippen LogP contribution in [0, 0.1) is 0 Å². The molecule has 3 nitrogen and oxygen atoms in total. The number of nitrogens with zero attached hydrogens (tertiary/aromatic N) is 1. The number of carbonyl (C=O) groups is 1. The van der Waals surface area contributed by atoms with Crippen LogP contribution in [0.4, 0.5) is 0 Å². The van der Waals surface area contributed by atoms with E-state index < -0.39 is 0 Å². The van der Waals surface area contributed by atoms with Crippen molar-refractivity contribution in [2.45, 2.75) is 31.8 Å². The molecule has 13 heavy (non-hydrogen) atoms. The van der Waals surface area contributed by atoms with E-state index in [1.54, 1.807) is 11.8 Å². The van der Waals surface area contributed by atoms with Crippen LogP contribution in [0.5, 0.6) is 0 Å². The Kier molecular flexibility index (Phi) is 3.01. The molecular weight excluding hydrogens is 186 g/mol. The molecule has 72 valence electrons. The Hall–Kier alpha value is -0.350. The van der Waals surface area contributed by atoms with Crippen LogP contribution < -0.4 is 0 Å². The number of ether oxygens (including phenoxy) is 1. The summed E-state index contributed by atoms with van der Waals surface area (Å²) in [4.78, 5) is 14.8. The Morgan fingerprint density at radius 3 is 3.08 bits per heavy atom. The van der Waals surface area contributed by atoms with Gasteiger partial charge in [-0.3, -0.25) is 4.79 Å². The zero-order chi connectivity index (χ0) is 9.10. The lowest BCUT2D eigenvalue weighted by Crippen LogP contribution is -2.20. The molecule has 0 bridgehead atoms. The molecule has 0 saturated carbocycles. The van der Waals surface area contributed by atoms with E-state index in [9.17, 15) is 4.79 Å². The highest BCUT2D eigenvalue weighted by molar-refractivity contribution is 8.15. The first-order valence-corrected chi connectivity index (χ1v) is 5.68. The number of carbonyl (C=O) groups excluding carboxylic acids is 1. The minimum absolute atomic E-state index is 0.0100. The Morgan fingerprint density at radius 2 is 2.46 bits per heavy atom. The fourth-order valence-corrected chi connectivity index (χ4v) is 2.44. The number of hydrogen-bond acceptors (Lipinski definition) is 3. The molecule has 0 aliphatic carbocycles. The summed E-state index contributed by atoms with van der Waals surface area (Å²) in [6.45, 7) is 0.872. The largest absolute Gasteiger partial charge is 0.378 e. The summed E-state index contributed by atoms with van der Waals surface area (Å²) in [5, 5.41) is 0.969. The van der Waals surface area contributed by atoms with Gasteiger partial charge in [0.1, 0.15) is 0 Å². The molecule has 1 atom stereocenters. The van der Waals surface area contributed by atoms with Crippen LogP contribution in [-0.2, 0) is 9.53 Å². The summed E-state index contributed by atoms with van der Waals surface area (Å²) in [6, 6.07) is 0. The average Bonchev–Trinajstić information content (AvgIpc) is 2.53. The average molecular weight is 199 g/mol. The van der Waals surface area contributed by atoms with Crippen LogP contribution in [0.2, 0.25) is 0 Å². The van der Waals surface area contributed by atoms with Crippen LogP contribution in [-0.4, -0.2) is 29.4 Å². The quantitative estimate of drug-likeness (QED) is 0.678. The van der Waals surface area contributed by atoms with Crippen molar-refractivity contribution in [3.63, 3.8) is 0 Å². The third kappa shape index (κ3) is 2.54. The molecule has 1 fully saturated rings. The van der Waals surface area contributed by atoms with E-state index in [1.807, 2.05) is 0 Å². The van der Waals surface area contributed by atoms with E-state index in [0.717, 1.165) is 24.5 Å². The second kappa shape index (κ2) is 4.24. The highest BCUT2D eigenvalue weighted by Gasteiger charge is 2.21. The monoisotopic (exact) mass is 199 g/mol. The van der Waals surface area contributed by atoms with Crippen LogP contribution in [0.25, 0.3) is 0 Å². The zero-order valence-corrected chi connectivity index (χ0v) is 8.31. The minimum atomic E-state index is 0.0100. The summed E-state index contributed by atoms with van der Waals surface area (Å²) in [5.41, 5.74) is 0. The molecule has 0 aromatic carbocycles. The molecule has 0 aromatic rings. The van der Waals surface area contributed by atoms with E-state index in [-0.39, 0.29) is 5.91 Å². The van der Waals surface area contributed by atoms with E-state index in [2.05, 4.69) is 4.99 Å². The van der Waals surface area contributed by atoms with Crippen molar-refractivity contribution in [2.75, 3.05) is 12.4 Å². The molecular formula is C9H13NO2S. The maximum Gasteiger partial charge on any atom is 0.256 e. The Bertz CT molecular complexity index is 234. The first-order valence-electron chi connectivity index (χ1n) is 4.69. The lowest BCUT2D eigenvalue weighted by molar-refractivity contribution is -0.115. The highest BCUT2D eigenvalue weighted by atomic mass is 32.2. The summed E-state index contributed by atoms with van der Waals surface area (Å²) in [7, 11) is 0. The Balaban J connectivity index is 1.83. The van der Waals surface area contributed by atoms with Crippen molar-refractivity contribution in [3.8, 4) is 0 Å². The van der Waals surface area contributed by atoms with Gasteiger partial charge in [0, 0.05) is 13.0 Å². The van der Waals surface area contributed by atoms with Gasteiger partial charge in [0.05, 0.1) is 16.9 Å². The van der Waals surface area contributed by atoms with Gasteiger partial charge in [0.25, 0.3) is 5.91 Å². The third-order valence-corrected chi connectivity index (χ3v) is 3.27. The Morgan fingerprint density at radius 1 is 1.54 bits per heavy atom. The zero-order valence-electron chi connectivity index (χ0n) is 7.49. The molecule has 0 spiro atoms. The number of aliphatic imine (C=N–C) groups is 1. The van der Waals surface area contributed by atoms with Crippen LogP contribution in [0.3, 0.4) is 0 Å². The van der Waals surface area contributed by atoms with Crippen LogP contribution >= 0.6 is 11.8 Å². The summed E-state index contributed by atoms with van der Waals surface area (Å²) in [6.07, 6.45) is 4.70. The summed E-state index contributed by atoms with van der Waals surface area (Å²) in [5.74, 6) is 0.540. The first kappa shape index (κ1) is 9.21. The van der Waals surface area contributed by atoms with Gasteiger partial charge in [0.15, 0.2) is 0 Å². The van der Waals surface area contributed by atoms with E-state index in [4.69, 9.17) is 4.74 Å². The predicted octanol–water partition coefficient (Wildman–Crippen LogP) is 1.62. The second-order valence-electron chi connectivity index (χ2n) is 3.38. The second-order valence-corrected chi connectivity index (χ2v) is 4.43. The maximum absolute atomic E-state index is 10.8. The smallest absolute Gasteiger partial charge is 0.256 e. The molecule has 1 saturated heterocycles. The van der Waals surface area contributed by atoms with Gasteiger partial charge in [-0.2, -0.15) is 0 Å². The van der Waals surface area contributed by atoms with Crippen LogP contribution in [0.15, 0.2) is 4.99 Å². The van der Waals surface area contributed by atoms with Crippen molar-refractivity contribution < 1.29 is 9.53 Å². The number of hydrogen-bond donors (Lipinski definition) is 0. The van der Waals surface area contributed by atoms with Crippen molar-refractivity contribution in [1.82, 2.24) is 0 Å². The number of thioether (sulfide) groups is 1. The van der Waals surface area contributed by atoms with Crippen molar-refractivity contribution >= 4 is 22.7 Å². The first-order chi connectivity index (χ1) is 6.34. The molecule has 0 radical (unpaired) electrons. The fourth-order valence-electron chi connectivity index (χ4n) is 1.62. The lowest BCUT2D eigenvalue weighted by Gasteiger charge is -2.21. The molecule has 0 N–H and O–H groups in total. The molecule has 1 amide bonds. The highest BCUT2D eigenvalue weighted by Crippen LogP contribution is 2.22. The molecule has 2 aliphatic rings. The normalized spacial score (nSPS) is 29.1. The van der Waals surface area contributed by atoms with E-state index >= 15 is 0 Å². The van der Waals surface area contributed by atoms with Crippen molar-refractivity contribution in [2.24, 2.45) is 4.99 Å². The lowest BCUT2D eigenvalue weighted by atomic mass is 10.1. The molecule has 4 heteroatoms. The van der Waals surface area contributed by atoms with Crippen LogP contribution in [0.1, 0.15) is 25.7 Å². The van der Waals surface area contributed by atoms with Gasteiger partial charge in [-0.15, -0.1) is 11.8 Å². The molecule has 2 aliphatic heterocycles. The van der Waals surface area contributed by atoms with Gasteiger partial charge < -0.3 is 4.74 Å². The molecule has 1 unspecified atom stereocenters. The van der Waals surface area contributed by atoms with Gasteiger partial charge in [-0.25, -0.2) is 4.99 Å². The maximum atomic E-state index is 10.8. The summed E-state index contributed by atoms with van der Waals surface area (Å²) >= 11 is 1.56. The van der Waals surface area contributed by atoms with Crippen molar-refractivity contribution in [1.29, 1.82) is 0 Å². The Labute approximate surface area is 81.9 Å². The van der Waals surface area contributed by atoms with E-state index in [1.165, 1.54) is 12.8 Å². The molecule has 2 rings (SSSR count). The van der Waals surface area contributed by atoms with Gasteiger partial charge in [-0.05, 0) is 19.3 Å². The number of rotatable bonds is 2. The van der Waals surface area contributed by atoms with Gasteiger partial charge in [-0.1, -0.05) is 0 Å². The fraction of sp³-hybridized carbons (Fsp3) is 0.778. The SMILES string of the molecule is O=C1CSC(CC2CCCCO2)=N1. The summed E-state index contributed by atoms with van der Waals surface area (Å²) < 4.78 is 5.57. The van der Waals surface area contributed by atoms with Crippen molar-refractivity contribution in [3.05, 3.63) is 0 Å². The molecule has 2 heterocycles. The minimum Gasteiger partial charge on any atom is -0.378 e. The van der Waals surface area contributed by atoms with Gasteiger partial charge >= 0.3 is 0 Å². The number of amides is 1. The topological polar surface area (TPSA) is 38.7 Å². The van der Waals surface area contributed by atoms with E-state index in [0.29, 0.717) is 11.9 Å². The van der Waals surface area contributed by atoms with Gasteiger partial charge in [0.2, 0.25) is 0 Å².